The second kappa shape index (κ2) is 8.99. The van der Waals surface area contributed by atoms with Crippen LogP contribution in [0, 0.1) is 5.92 Å². The first-order chi connectivity index (χ1) is 11.9. The summed E-state index contributed by atoms with van der Waals surface area (Å²) in [6, 6.07) is 3.44. The number of piperidine rings is 1. The van der Waals surface area contributed by atoms with Gasteiger partial charge in [-0.1, -0.05) is 20.4 Å². The van der Waals surface area contributed by atoms with Crippen LogP contribution in [0.3, 0.4) is 0 Å². The number of rotatable bonds is 8. The first kappa shape index (κ1) is 19.4. The Balaban J connectivity index is 2.11. The van der Waals surface area contributed by atoms with Crippen LogP contribution >= 0.6 is 0 Å². The van der Waals surface area contributed by atoms with Crippen molar-refractivity contribution < 1.29 is 9.90 Å². The van der Waals surface area contributed by atoms with Gasteiger partial charge in [0.05, 0.1) is 11.3 Å². The molecule has 5 heteroatoms. The Hall–Kier alpha value is -1.88. The molecule has 0 radical (unpaired) electrons. The van der Waals surface area contributed by atoms with Crippen LogP contribution < -0.4 is 0 Å². The van der Waals surface area contributed by atoms with E-state index in [4.69, 9.17) is 5.11 Å². The zero-order valence-corrected chi connectivity index (χ0v) is 15.7. The summed E-state index contributed by atoms with van der Waals surface area (Å²) in [5.74, 6) is -0.352. The van der Waals surface area contributed by atoms with Crippen molar-refractivity contribution in [1.82, 2.24) is 14.8 Å². The zero-order valence-electron chi connectivity index (χ0n) is 15.7. The predicted molar refractivity (Wildman–Crippen MR) is 100 cm³/mol. The molecule has 1 N–H and O–H groups in total. The number of carboxylic acid groups (broad SMARTS) is 1. The van der Waals surface area contributed by atoms with Crippen LogP contribution in [0.15, 0.2) is 30.6 Å². The van der Waals surface area contributed by atoms with Crippen molar-refractivity contribution in [3.63, 3.8) is 0 Å². The molecular weight excluding hydrogens is 314 g/mol. The Morgan fingerprint density at radius 2 is 2.04 bits per heavy atom. The van der Waals surface area contributed by atoms with E-state index in [1.165, 1.54) is 31.0 Å². The lowest BCUT2D eigenvalue weighted by molar-refractivity contribution is 0.0696. The van der Waals surface area contributed by atoms with Gasteiger partial charge in [0.15, 0.2) is 0 Å². The number of carboxylic acids is 1. The Bertz CT molecular complexity index is 594. The van der Waals surface area contributed by atoms with E-state index >= 15 is 0 Å². The van der Waals surface area contributed by atoms with Gasteiger partial charge in [0, 0.05) is 37.6 Å². The average molecular weight is 345 g/mol. The first-order valence-corrected chi connectivity index (χ1v) is 9.20. The van der Waals surface area contributed by atoms with Crippen molar-refractivity contribution in [3.8, 4) is 0 Å². The van der Waals surface area contributed by atoms with Gasteiger partial charge in [-0.15, -0.1) is 0 Å². The molecule has 0 bridgehead atoms. The van der Waals surface area contributed by atoms with E-state index in [0.29, 0.717) is 12.5 Å². The lowest BCUT2D eigenvalue weighted by Crippen LogP contribution is -2.42. The number of likely N-dealkylation sites (tertiary alicyclic amines) is 1. The molecule has 1 aliphatic rings. The summed E-state index contributed by atoms with van der Waals surface area (Å²) in [5, 5.41) is 9.17. The van der Waals surface area contributed by atoms with Gasteiger partial charge in [-0.05, 0) is 50.8 Å². The number of pyridine rings is 1. The minimum atomic E-state index is -0.914. The molecule has 5 nitrogen and oxygen atoms in total. The second-order valence-electron chi connectivity index (χ2n) is 7.44. The monoisotopic (exact) mass is 345 g/mol. The summed E-state index contributed by atoms with van der Waals surface area (Å²) in [6.45, 7) is 11.7. The smallest absolute Gasteiger partial charge is 0.335 e. The molecule has 0 saturated carbocycles. The van der Waals surface area contributed by atoms with Gasteiger partial charge in [-0.3, -0.25) is 9.88 Å². The molecule has 1 aliphatic heterocycles. The number of carbonyl (C=O) groups is 1. The number of aromatic carboxylic acids is 1. The molecule has 2 heterocycles. The van der Waals surface area contributed by atoms with Gasteiger partial charge in [0.1, 0.15) is 0 Å². The van der Waals surface area contributed by atoms with Crippen LogP contribution in [0.25, 0.3) is 0 Å². The van der Waals surface area contributed by atoms with E-state index in [1.54, 1.807) is 12.3 Å². The topological polar surface area (TPSA) is 56.7 Å². The maximum atomic E-state index is 11.2. The number of aromatic nitrogens is 1. The highest BCUT2D eigenvalue weighted by molar-refractivity contribution is 5.87. The van der Waals surface area contributed by atoms with Crippen LogP contribution in [0.4, 0.5) is 0 Å². The maximum Gasteiger partial charge on any atom is 0.335 e. The highest BCUT2D eigenvalue weighted by Gasteiger charge is 2.25. The van der Waals surface area contributed by atoms with Crippen molar-refractivity contribution >= 4 is 5.97 Å². The number of hydrogen-bond donors (Lipinski definition) is 1. The van der Waals surface area contributed by atoms with Crippen molar-refractivity contribution in [3.05, 3.63) is 41.9 Å². The molecule has 1 atom stereocenters. The fourth-order valence-electron chi connectivity index (χ4n) is 3.47. The largest absolute Gasteiger partial charge is 0.478 e. The third-order valence-corrected chi connectivity index (χ3v) is 4.85. The molecule has 2 rings (SSSR count). The van der Waals surface area contributed by atoms with Gasteiger partial charge in [-0.25, -0.2) is 4.79 Å². The molecule has 1 saturated heterocycles. The van der Waals surface area contributed by atoms with Gasteiger partial charge < -0.3 is 10.0 Å². The molecule has 0 amide bonds. The predicted octanol–water partition coefficient (Wildman–Crippen LogP) is 3.63. The SMILES string of the molecule is C=C([C@H](CC(C)C)N(C)Cc1cc(C(=O)O)ccn1)N1CCCCC1. The summed E-state index contributed by atoms with van der Waals surface area (Å²) in [7, 11) is 2.08. The minimum absolute atomic E-state index is 0.244. The number of likely N-dealkylation sites (N-methyl/N-ethyl adjacent to an activating group) is 1. The van der Waals surface area contributed by atoms with E-state index in [0.717, 1.165) is 25.2 Å². The summed E-state index contributed by atoms with van der Waals surface area (Å²) >= 11 is 0. The highest BCUT2D eigenvalue weighted by Crippen LogP contribution is 2.24. The number of nitrogens with zero attached hydrogens (tertiary/aromatic N) is 3. The molecule has 0 spiro atoms. The van der Waals surface area contributed by atoms with Gasteiger partial charge in [0.2, 0.25) is 0 Å². The molecule has 1 aromatic heterocycles. The summed E-state index contributed by atoms with van der Waals surface area (Å²) in [5.41, 5.74) is 2.25. The van der Waals surface area contributed by atoms with Gasteiger partial charge in [0.25, 0.3) is 0 Å². The molecule has 1 aromatic rings. The first-order valence-electron chi connectivity index (χ1n) is 9.20. The second-order valence-corrected chi connectivity index (χ2v) is 7.44. The highest BCUT2D eigenvalue weighted by atomic mass is 16.4. The van der Waals surface area contributed by atoms with Crippen LogP contribution in [0.2, 0.25) is 0 Å². The fraction of sp³-hybridized carbons (Fsp3) is 0.600. The average Bonchev–Trinajstić information content (AvgIpc) is 2.59. The normalized spacial score (nSPS) is 16.3. The van der Waals surface area contributed by atoms with Crippen LogP contribution in [-0.4, -0.2) is 52.0 Å². The Morgan fingerprint density at radius 3 is 2.64 bits per heavy atom. The zero-order chi connectivity index (χ0) is 18.4. The standard InChI is InChI=1S/C20H31N3O2/c1-15(2)12-19(16(3)23-10-6-5-7-11-23)22(4)14-18-13-17(20(24)25)8-9-21-18/h8-9,13,15,19H,3,5-7,10-12,14H2,1-2,4H3,(H,24,25)/t19-/m0/s1. The molecule has 1 fully saturated rings. The van der Waals surface area contributed by atoms with Crippen LogP contribution in [0.5, 0.6) is 0 Å². The summed E-state index contributed by atoms with van der Waals surface area (Å²) in [6.07, 6.45) is 6.38. The molecule has 0 aromatic carbocycles. The van der Waals surface area contributed by atoms with E-state index in [9.17, 15) is 4.79 Å². The van der Waals surface area contributed by atoms with E-state index in [2.05, 4.69) is 42.3 Å². The lowest BCUT2D eigenvalue weighted by atomic mass is 9.98. The van der Waals surface area contributed by atoms with Crippen molar-refractivity contribution in [2.45, 2.75) is 52.1 Å². The summed E-state index contributed by atoms with van der Waals surface area (Å²) in [4.78, 5) is 20.2. The number of hydrogen-bond acceptors (Lipinski definition) is 4. The summed E-state index contributed by atoms with van der Waals surface area (Å²) < 4.78 is 0. The van der Waals surface area contributed by atoms with Crippen LogP contribution in [0.1, 0.15) is 55.6 Å². The van der Waals surface area contributed by atoms with E-state index < -0.39 is 5.97 Å². The molecule has 25 heavy (non-hydrogen) atoms. The third-order valence-electron chi connectivity index (χ3n) is 4.85. The quantitative estimate of drug-likeness (QED) is 0.780. The van der Waals surface area contributed by atoms with Crippen molar-refractivity contribution in [2.75, 3.05) is 20.1 Å². The van der Waals surface area contributed by atoms with E-state index in [1.807, 2.05) is 0 Å². The minimum Gasteiger partial charge on any atom is -0.478 e. The van der Waals surface area contributed by atoms with Crippen molar-refractivity contribution in [1.29, 1.82) is 0 Å². The lowest BCUT2D eigenvalue weighted by Gasteiger charge is -2.39. The van der Waals surface area contributed by atoms with E-state index in [-0.39, 0.29) is 11.6 Å². The Labute approximate surface area is 151 Å². The third kappa shape index (κ3) is 5.56. The Morgan fingerprint density at radius 1 is 1.36 bits per heavy atom. The molecular formula is C20H31N3O2. The van der Waals surface area contributed by atoms with Crippen LogP contribution in [-0.2, 0) is 6.54 Å². The molecule has 0 unspecified atom stereocenters. The van der Waals surface area contributed by atoms with Gasteiger partial charge in [-0.2, -0.15) is 0 Å². The molecule has 138 valence electrons. The molecule has 0 aliphatic carbocycles. The maximum absolute atomic E-state index is 11.2. The fourth-order valence-corrected chi connectivity index (χ4v) is 3.47. The Kier molecular flexibility index (Phi) is 7.00. The van der Waals surface area contributed by atoms with Gasteiger partial charge >= 0.3 is 5.97 Å². The van der Waals surface area contributed by atoms with Crippen molar-refractivity contribution in [2.24, 2.45) is 5.92 Å².